The van der Waals surface area contributed by atoms with Crippen LogP contribution in [0.5, 0.6) is 0 Å². The van der Waals surface area contributed by atoms with Gasteiger partial charge in [-0.05, 0) is 30.7 Å². The van der Waals surface area contributed by atoms with Gasteiger partial charge >= 0.3 is 0 Å². The molecule has 2 aromatic heterocycles. The van der Waals surface area contributed by atoms with Gasteiger partial charge in [0.2, 0.25) is 0 Å². The molecule has 0 aromatic carbocycles. The third kappa shape index (κ3) is 3.45. The van der Waals surface area contributed by atoms with Crippen LogP contribution in [0, 0.1) is 0 Å². The fraction of sp³-hybridized carbons (Fsp3) is 0.579. The highest BCUT2D eigenvalue weighted by molar-refractivity contribution is 5.74. The van der Waals surface area contributed by atoms with E-state index >= 15 is 0 Å². The molecule has 140 valence electrons. The second kappa shape index (κ2) is 7.54. The smallest absolute Gasteiger partial charge is 0.159 e. The van der Waals surface area contributed by atoms with Gasteiger partial charge in [-0.15, -0.1) is 0 Å². The lowest BCUT2D eigenvalue weighted by molar-refractivity contribution is -0.325. The van der Waals surface area contributed by atoms with Gasteiger partial charge in [-0.25, -0.2) is 9.97 Å². The van der Waals surface area contributed by atoms with Crippen molar-refractivity contribution in [1.82, 2.24) is 9.97 Å². The molecule has 2 aliphatic heterocycles. The Hall–Kier alpha value is -1.64. The number of ether oxygens (including phenoxy) is 3. The summed E-state index contributed by atoms with van der Waals surface area (Å²) in [6.45, 7) is 2.39. The van der Waals surface area contributed by atoms with E-state index in [1.807, 2.05) is 31.2 Å². The summed E-state index contributed by atoms with van der Waals surface area (Å²) < 4.78 is 17.4. The van der Waals surface area contributed by atoms with Crippen LogP contribution in [0.1, 0.15) is 25.5 Å². The highest BCUT2D eigenvalue weighted by atomic mass is 16.7. The first kappa shape index (κ1) is 17.8. The largest absolute Gasteiger partial charge is 0.388 e. The van der Waals surface area contributed by atoms with Gasteiger partial charge in [0.15, 0.2) is 11.9 Å². The molecule has 7 nitrogen and oxygen atoms in total. The van der Waals surface area contributed by atoms with Gasteiger partial charge < -0.3 is 24.4 Å². The molecule has 2 aliphatic rings. The molecule has 0 bridgehead atoms. The molecule has 0 radical (unpaired) electrons. The average molecular weight is 360 g/mol. The van der Waals surface area contributed by atoms with Crippen molar-refractivity contribution >= 4 is 11.0 Å². The predicted octanol–water partition coefficient (Wildman–Crippen LogP) is 1.20. The van der Waals surface area contributed by atoms with Gasteiger partial charge in [-0.2, -0.15) is 0 Å². The van der Waals surface area contributed by atoms with Gasteiger partial charge in [-0.3, -0.25) is 0 Å². The van der Waals surface area contributed by atoms with E-state index in [4.69, 9.17) is 14.2 Å². The monoisotopic (exact) mass is 360 g/mol. The minimum absolute atomic E-state index is 0.350. The quantitative estimate of drug-likeness (QED) is 0.846. The van der Waals surface area contributed by atoms with Gasteiger partial charge in [0.25, 0.3) is 0 Å². The fourth-order valence-electron chi connectivity index (χ4n) is 3.60. The maximum atomic E-state index is 10.5. The molecule has 2 fully saturated rings. The van der Waals surface area contributed by atoms with Gasteiger partial charge in [-0.1, -0.05) is 13.3 Å². The zero-order chi connectivity index (χ0) is 18.1. The molecule has 0 spiro atoms. The van der Waals surface area contributed by atoms with Crippen LogP contribution >= 0.6 is 0 Å². The predicted molar refractivity (Wildman–Crippen MR) is 93.4 cm³/mol. The fourth-order valence-corrected chi connectivity index (χ4v) is 3.60. The number of pyridine rings is 2. The Morgan fingerprint density at radius 1 is 1.15 bits per heavy atom. The van der Waals surface area contributed by atoms with Gasteiger partial charge in [0.1, 0.15) is 24.4 Å². The van der Waals surface area contributed by atoms with E-state index in [9.17, 15) is 10.2 Å². The molecule has 0 amide bonds. The van der Waals surface area contributed by atoms with Gasteiger partial charge in [0, 0.05) is 23.7 Å². The van der Waals surface area contributed by atoms with E-state index in [0.29, 0.717) is 18.7 Å². The third-order valence-electron chi connectivity index (χ3n) is 5.00. The second-order valence-electron chi connectivity index (χ2n) is 6.90. The van der Waals surface area contributed by atoms with Crippen molar-refractivity contribution in [2.24, 2.45) is 0 Å². The van der Waals surface area contributed by atoms with E-state index in [0.717, 1.165) is 23.9 Å². The third-order valence-corrected chi connectivity index (χ3v) is 5.00. The number of hydrogen-bond acceptors (Lipinski definition) is 7. The molecule has 26 heavy (non-hydrogen) atoms. The summed E-state index contributed by atoms with van der Waals surface area (Å²) in [7, 11) is 0. The molecular formula is C19H24N2O5. The van der Waals surface area contributed by atoms with E-state index in [1.54, 1.807) is 6.20 Å². The zero-order valence-corrected chi connectivity index (χ0v) is 14.7. The van der Waals surface area contributed by atoms with E-state index < -0.39 is 30.5 Å². The van der Waals surface area contributed by atoms with Crippen molar-refractivity contribution in [2.45, 2.75) is 63.0 Å². The summed E-state index contributed by atoms with van der Waals surface area (Å²) in [5.41, 5.74) is 1.41. The molecule has 7 heteroatoms. The zero-order valence-electron chi connectivity index (χ0n) is 14.7. The Bertz CT molecular complexity index is 756. The van der Waals surface area contributed by atoms with E-state index in [2.05, 4.69) is 9.97 Å². The maximum absolute atomic E-state index is 10.5. The van der Waals surface area contributed by atoms with E-state index in [-0.39, 0.29) is 6.29 Å². The summed E-state index contributed by atoms with van der Waals surface area (Å²) in [5, 5.41) is 22.0. The standard InChI is InChI=1S/C19H24N2O5/c1-2-4-15-24-10-14-18(26-15)17(23)16(22)13(25-14)9-12-7-6-11-5-3-8-20-19(11)21-12/h3,5-8,13-18,22-23H,2,4,9-10H2,1H3/t13-,14+,15?,16-,17+,18+/m0/s1. The molecular weight excluding hydrogens is 336 g/mol. The number of nitrogens with zero attached hydrogens (tertiary/aromatic N) is 2. The normalized spacial score (nSPS) is 34.6. The number of rotatable bonds is 4. The SMILES string of the molecule is CCCC1OC[C@H]2O[C@@H](Cc3ccc4cccnc4n3)[C@H](O)[C@@H](O)[C@@H]2O1. The first-order chi connectivity index (χ1) is 12.7. The van der Waals surface area contributed by atoms with E-state index in [1.165, 1.54) is 0 Å². The van der Waals surface area contributed by atoms with Crippen LogP contribution < -0.4 is 0 Å². The number of aliphatic hydroxyl groups excluding tert-OH is 2. The molecule has 0 saturated carbocycles. The number of fused-ring (bicyclic) bond motifs is 2. The molecule has 6 atom stereocenters. The lowest BCUT2D eigenvalue weighted by Gasteiger charge is -2.46. The minimum atomic E-state index is -1.04. The summed E-state index contributed by atoms with van der Waals surface area (Å²) in [6, 6.07) is 7.65. The van der Waals surface area contributed by atoms with Crippen molar-refractivity contribution in [1.29, 1.82) is 0 Å². The number of aliphatic hydroxyl groups is 2. The molecule has 1 unspecified atom stereocenters. The lowest BCUT2D eigenvalue weighted by atomic mass is 9.92. The van der Waals surface area contributed by atoms with Crippen LogP contribution in [-0.2, 0) is 20.6 Å². The van der Waals surface area contributed by atoms with Crippen molar-refractivity contribution < 1.29 is 24.4 Å². The molecule has 2 N–H and O–H groups in total. The Labute approximate surface area is 151 Å². The Morgan fingerprint density at radius 3 is 2.88 bits per heavy atom. The van der Waals surface area contributed by atoms with Crippen molar-refractivity contribution in [3.05, 3.63) is 36.2 Å². The average Bonchev–Trinajstić information content (AvgIpc) is 2.66. The lowest BCUT2D eigenvalue weighted by Crippen LogP contribution is -2.63. The summed E-state index contributed by atoms with van der Waals surface area (Å²) >= 11 is 0. The summed E-state index contributed by atoms with van der Waals surface area (Å²) in [4.78, 5) is 8.78. The topological polar surface area (TPSA) is 93.9 Å². The molecule has 4 heterocycles. The van der Waals surface area contributed by atoms with Crippen LogP contribution in [0.2, 0.25) is 0 Å². The van der Waals surface area contributed by atoms with Crippen LogP contribution in [0.15, 0.2) is 30.5 Å². The van der Waals surface area contributed by atoms with Crippen LogP contribution in [0.4, 0.5) is 0 Å². The van der Waals surface area contributed by atoms with Crippen LogP contribution in [0.25, 0.3) is 11.0 Å². The molecule has 0 aliphatic carbocycles. The van der Waals surface area contributed by atoms with Crippen molar-refractivity contribution in [3.8, 4) is 0 Å². The summed E-state index contributed by atoms with van der Waals surface area (Å²) in [6.07, 6.45) is -0.197. The molecule has 4 rings (SSSR count). The van der Waals surface area contributed by atoms with Gasteiger partial charge in [0.05, 0.1) is 12.7 Å². The Kier molecular flexibility index (Phi) is 5.15. The maximum Gasteiger partial charge on any atom is 0.159 e. The number of hydrogen-bond donors (Lipinski definition) is 2. The number of aromatic nitrogens is 2. The summed E-state index contributed by atoms with van der Waals surface area (Å²) in [5.74, 6) is 0. The molecule has 2 aromatic rings. The van der Waals surface area contributed by atoms with Crippen molar-refractivity contribution in [2.75, 3.05) is 6.61 Å². The Balaban J connectivity index is 1.47. The second-order valence-corrected chi connectivity index (χ2v) is 6.90. The molecule has 2 saturated heterocycles. The van der Waals surface area contributed by atoms with Crippen LogP contribution in [0.3, 0.4) is 0 Å². The minimum Gasteiger partial charge on any atom is -0.388 e. The first-order valence-corrected chi connectivity index (χ1v) is 9.15. The van der Waals surface area contributed by atoms with Crippen LogP contribution in [-0.4, -0.2) is 63.6 Å². The highest BCUT2D eigenvalue weighted by Gasteiger charge is 2.48. The highest BCUT2D eigenvalue weighted by Crippen LogP contribution is 2.30. The first-order valence-electron chi connectivity index (χ1n) is 9.15. The van der Waals surface area contributed by atoms with Crippen molar-refractivity contribution in [3.63, 3.8) is 0 Å². The Morgan fingerprint density at radius 2 is 2.04 bits per heavy atom.